The lowest BCUT2D eigenvalue weighted by molar-refractivity contribution is -0.394. The molecule has 7 nitrogen and oxygen atoms in total. The first-order valence-corrected chi connectivity index (χ1v) is 6.77. The molecule has 0 saturated carbocycles. The van der Waals surface area contributed by atoms with Crippen molar-refractivity contribution < 1.29 is 9.85 Å². The van der Waals surface area contributed by atoms with Gasteiger partial charge >= 0.3 is 0 Å². The van der Waals surface area contributed by atoms with Gasteiger partial charge in [-0.15, -0.1) is 0 Å². The minimum atomic E-state index is -0.633. The topological polar surface area (TPSA) is 98.3 Å². The first-order valence-electron chi connectivity index (χ1n) is 6.77. The standard InChI is InChI=1S/C14H21N3O4/c1-10(2)14(3,4)9-15-8-11-5-6-12(16(18)19)7-13(11)17(20)21/h5-7,10,15H,8-9H2,1-4H3. The number of hydrogen-bond acceptors (Lipinski definition) is 5. The summed E-state index contributed by atoms with van der Waals surface area (Å²) in [5.74, 6) is 0.469. The van der Waals surface area contributed by atoms with Crippen LogP contribution in [0.5, 0.6) is 0 Å². The molecule has 1 N–H and O–H groups in total. The Morgan fingerprint density at radius 1 is 1.19 bits per heavy atom. The lowest BCUT2D eigenvalue weighted by atomic mass is 9.81. The molecule has 0 spiro atoms. The van der Waals surface area contributed by atoms with Crippen molar-refractivity contribution in [2.24, 2.45) is 11.3 Å². The zero-order valence-corrected chi connectivity index (χ0v) is 12.8. The summed E-state index contributed by atoms with van der Waals surface area (Å²) in [5, 5.41) is 24.9. The first-order chi connectivity index (χ1) is 9.65. The molecular formula is C14H21N3O4. The van der Waals surface area contributed by atoms with Crippen LogP contribution in [0.4, 0.5) is 11.4 Å². The highest BCUT2D eigenvalue weighted by Gasteiger charge is 2.23. The Balaban J connectivity index is 2.84. The third-order valence-corrected chi connectivity index (χ3v) is 3.94. The smallest absolute Gasteiger partial charge is 0.280 e. The fourth-order valence-corrected chi connectivity index (χ4v) is 1.71. The van der Waals surface area contributed by atoms with Crippen LogP contribution in [0.3, 0.4) is 0 Å². The Labute approximate surface area is 123 Å². The number of rotatable bonds is 7. The molecule has 0 saturated heterocycles. The molecule has 0 fully saturated rings. The Kier molecular flexibility index (Phi) is 5.37. The molecule has 0 heterocycles. The zero-order chi connectivity index (χ0) is 16.2. The molecule has 1 rings (SSSR count). The number of nitrogens with one attached hydrogen (secondary N) is 1. The second-order valence-corrected chi connectivity index (χ2v) is 6.07. The first kappa shape index (κ1) is 17.0. The van der Waals surface area contributed by atoms with Gasteiger partial charge in [-0.2, -0.15) is 0 Å². The maximum Gasteiger partial charge on any atom is 0.280 e. The van der Waals surface area contributed by atoms with Crippen LogP contribution < -0.4 is 5.32 Å². The second kappa shape index (κ2) is 6.62. The van der Waals surface area contributed by atoms with Crippen molar-refractivity contribution in [3.05, 3.63) is 44.0 Å². The predicted molar refractivity (Wildman–Crippen MR) is 80.1 cm³/mol. The average molecular weight is 295 g/mol. The number of nitro groups is 2. The fraction of sp³-hybridized carbons (Fsp3) is 0.571. The molecule has 7 heteroatoms. The predicted octanol–water partition coefficient (Wildman–Crippen LogP) is 3.27. The lowest BCUT2D eigenvalue weighted by Gasteiger charge is -2.29. The van der Waals surface area contributed by atoms with Crippen LogP contribution in [-0.4, -0.2) is 16.4 Å². The van der Waals surface area contributed by atoms with Crippen LogP contribution in [0.25, 0.3) is 0 Å². The van der Waals surface area contributed by atoms with Crippen molar-refractivity contribution in [2.75, 3.05) is 6.54 Å². The Hall–Kier alpha value is -2.02. The molecule has 0 amide bonds. The van der Waals surface area contributed by atoms with E-state index in [1.54, 1.807) is 0 Å². The van der Waals surface area contributed by atoms with Gasteiger partial charge in [0.1, 0.15) is 0 Å². The number of nitrogens with zero attached hydrogens (tertiary/aromatic N) is 2. The van der Waals surface area contributed by atoms with Gasteiger partial charge in [0, 0.05) is 24.7 Å². The summed E-state index contributed by atoms with van der Waals surface area (Å²) in [6.07, 6.45) is 0. The van der Waals surface area contributed by atoms with Crippen molar-refractivity contribution in [3.63, 3.8) is 0 Å². The molecule has 0 unspecified atom stereocenters. The van der Waals surface area contributed by atoms with E-state index in [0.717, 1.165) is 6.07 Å². The summed E-state index contributed by atoms with van der Waals surface area (Å²) in [7, 11) is 0. The Morgan fingerprint density at radius 2 is 1.81 bits per heavy atom. The third kappa shape index (κ3) is 4.49. The van der Waals surface area contributed by atoms with E-state index in [0.29, 0.717) is 24.6 Å². The molecule has 0 aromatic heterocycles. The van der Waals surface area contributed by atoms with Crippen molar-refractivity contribution in [1.82, 2.24) is 5.32 Å². The number of benzene rings is 1. The van der Waals surface area contributed by atoms with Gasteiger partial charge in [-0.25, -0.2) is 0 Å². The van der Waals surface area contributed by atoms with E-state index >= 15 is 0 Å². The molecular weight excluding hydrogens is 274 g/mol. The van der Waals surface area contributed by atoms with Crippen LogP contribution >= 0.6 is 0 Å². The molecule has 0 aliphatic rings. The minimum absolute atomic E-state index is 0.0650. The van der Waals surface area contributed by atoms with Gasteiger partial charge in [0.15, 0.2) is 0 Å². The zero-order valence-electron chi connectivity index (χ0n) is 12.8. The highest BCUT2D eigenvalue weighted by atomic mass is 16.6. The summed E-state index contributed by atoms with van der Waals surface area (Å²) >= 11 is 0. The molecule has 1 aromatic carbocycles. The van der Waals surface area contributed by atoms with Gasteiger partial charge in [0.2, 0.25) is 0 Å². The van der Waals surface area contributed by atoms with Gasteiger partial charge in [-0.05, 0) is 17.4 Å². The maximum absolute atomic E-state index is 11.0. The van der Waals surface area contributed by atoms with E-state index in [4.69, 9.17) is 0 Å². The molecule has 1 aromatic rings. The highest BCUT2D eigenvalue weighted by molar-refractivity contribution is 5.49. The minimum Gasteiger partial charge on any atom is -0.312 e. The van der Waals surface area contributed by atoms with E-state index in [-0.39, 0.29) is 16.8 Å². The van der Waals surface area contributed by atoms with Crippen LogP contribution in [0.1, 0.15) is 33.3 Å². The normalized spacial score (nSPS) is 11.7. The van der Waals surface area contributed by atoms with E-state index in [1.807, 2.05) is 0 Å². The van der Waals surface area contributed by atoms with Crippen LogP contribution in [0.15, 0.2) is 18.2 Å². The van der Waals surface area contributed by atoms with E-state index in [9.17, 15) is 20.2 Å². The average Bonchev–Trinajstić information content (AvgIpc) is 2.38. The van der Waals surface area contributed by atoms with Crippen molar-refractivity contribution >= 4 is 11.4 Å². The second-order valence-electron chi connectivity index (χ2n) is 6.07. The largest absolute Gasteiger partial charge is 0.312 e. The summed E-state index contributed by atoms with van der Waals surface area (Å²) < 4.78 is 0. The van der Waals surface area contributed by atoms with Crippen molar-refractivity contribution in [3.8, 4) is 0 Å². The molecule has 0 aliphatic heterocycles. The molecule has 0 radical (unpaired) electrons. The number of nitro benzene ring substituents is 2. The van der Waals surface area contributed by atoms with Gasteiger partial charge in [0.25, 0.3) is 11.4 Å². The Morgan fingerprint density at radius 3 is 2.29 bits per heavy atom. The van der Waals surface area contributed by atoms with Gasteiger partial charge < -0.3 is 5.32 Å². The summed E-state index contributed by atoms with van der Waals surface area (Å²) in [6, 6.07) is 3.73. The number of non-ortho nitro benzene ring substituents is 1. The van der Waals surface area contributed by atoms with Crippen LogP contribution in [-0.2, 0) is 6.54 Å². The number of hydrogen-bond donors (Lipinski definition) is 1. The van der Waals surface area contributed by atoms with Crippen molar-refractivity contribution in [1.29, 1.82) is 0 Å². The summed E-state index contributed by atoms with van der Waals surface area (Å²) in [5.41, 5.74) is 0.0207. The van der Waals surface area contributed by atoms with E-state index in [1.165, 1.54) is 12.1 Å². The maximum atomic E-state index is 11.0. The molecule has 0 bridgehead atoms. The van der Waals surface area contributed by atoms with E-state index in [2.05, 4.69) is 33.0 Å². The van der Waals surface area contributed by atoms with Crippen molar-refractivity contribution in [2.45, 2.75) is 34.2 Å². The van der Waals surface area contributed by atoms with Gasteiger partial charge in [0.05, 0.1) is 15.9 Å². The van der Waals surface area contributed by atoms with E-state index < -0.39 is 9.85 Å². The molecule has 0 atom stereocenters. The lowest BCUT2D eigenvalue weighted by Crippen LogP contribution is -2.33. The van der Waals surface area contributed by atoms with Crippen LogP contribution in [0, 0.1) is 31.6 Å². The SMILES string of the molecule is CC(C)C(C)(C)CNCc1ccc([N+](=O)[O-])cc1[N+](=O)[O-]. The van der Waals surface area contributed by atoms with Gasteiger partial charge in [-0.1, -0.05) is 27.7 Å². The third-order valence-electron chi connectivity index (χ3n) is 3.94. The Bertz CT molecular complexity index is 541. The molecule has 0 aliphatic carbocycles. The van der Waals surface area contributed by atoms with Gasteiger partial charge in [-0.3, -0.25) is 20.2 Å². The molecule has 21 heavy (non-hydrogen) atoms. The summed E-state index contributed by atoms with van der Waals surface area (Å²) in [6.45, 7) is 9.50. The highest BCUT2D eigenvalue weighted by Crippen LogP contribution is 2.27. The quantitative estimate of drug-likeness (QED) is 0.614. The molecule has 116 valence electrons. The monoisotopic (exact) mass is 295 g/mol. The fourth-order valence-electron chi connectivity index (χ4n) is 1.71. The summed E-state index contributed by atoms with van der Waals surface area (Å²) in [4.78, 5) is 20.5. The van der Waals surface area contributed by atoms with Crippen LogP contribution in [0.2, 0.25) is 0 Å².